The first kappa shape index (κ1) is 11.7. The van der Waals surface area contributed by atoms with E-state index in [2.05, 4.69) is 11.9 Å². The molecule has 0 bridgehead atoms. The molecular weight excluding hydrogens is 214 g/mol. The Hall–Kier alpha value is -1.81. The zero-order valence-electron chi connectivity index (χ0n) is 10.1. The van der Waals surface area contributed by atoms with Crippen LogP contribution in [0.15, 0.2) is 36.8 Å². The standard InChI is InChI=1S/C13H17N3O/c1-3-12(14)13-8-15-9-16(13)10-5-4-6-11(7-10)17-2/h4-9,12H,3,14H2,1-2H3/t12-/m1/s1. The summed E-state index contributed by atoms with van der Waals surface area (Å²) >= 11 is 0. The number of hydrogen-bond acceptors (Lipinski definition) is 3. The molecular formula is C13H17N3O. The van der Waals surface area contributed by atoms with Gasteiger partial charge in [0.15, 0.2) is 0 Å². The first-order valence-corrected chi connectivity index (χ1v) is 5.68. The van der Waals surface area contributed by atoms with Crippen molar-refractivity contribution in [2.45, 2.75) is 19.4 Å². The normalized spacial score (nSPS) is 12.4. The van der Waals surface area contributed by atoms with Gasteiger partial charge in [-0.3, -0.25) is 0 Å². The maximum atomic E-state index is 6.06. The number of imidazole rings is 1. The topological polar surface area (TPSA) is 53.1 Å². The average Bonchev–Trinajstić information content (AvgIpc) is 2.87. The Kier molecular flexibility index (Phi) is 3.44. The van der Waals surface area contributed by atoms with Crippen LogP contribution >= 0.6 is 0 Å². The minimum absolute atomic E-state index is 0.00343. The molecule has 2 N–H and O–H groups in total. The molecule has 0 radical (unpaired) electrons. The van der Waals surface area contributed by atoms with E-state index >= 15 is 0 Å². The lowest BCUT2D eigenvalue weighted by Gasteiger charge is -2.13. The predicted octanol–water partition coefficient (Wildman–Crippen LogP) is 2.29. The zero-order valence-corrected chi connectivity index (χ0v) is 10.1. The molecule has 0 aliphatic carbocycles. The highest BCUT2D eigenvalue weighted by Crippen LogP contribution is 2.21. The van der Waals surface area contributed by atoms with Gasteiger partial charge in [0.2, 0.25) is 0 Å². The second-order valence-corrected chi connectivity index (χ2v) is 3.90. The average molecular weight is 231 g/mol. The second kappa shape index (κ2) is 5.01. The Morgan fingerprint density at radius 3 is 3.00 bits per heavy atom. The number of benzene rings is 1. The minimum atomic E-state index is 0.00343. The van der Waals surface area contributed by atoms with Gasteiger partial charge in [-0.15, -0.1) is 0 Å². The van der Waals surface area contributed by atoms with Crippen LogP contribution in [0.25, 0.3) is 5.69 Å². The molecule has 1 atom stereocenters. The number of ether oxygens (including phenoxy) is 1. The van der Waals surface area contributed by atoms with E-state index in [1.54, 1.807) is 13.4 Å². The van der Waals surface area contributed by atoms with Crippen molar-refractivity contribution in [3.63, 3.8) is 0 Å². The largest absolute Gasteiger partial charge is 0.497 e. The maximum absolute atomic E-state index is 6.06. The van der Waals surface area contributed by atoms with E-state index in [4.69, 9.17) is 10.5 Å². The molecule has 2 rings (SSSR count). The summed E-state index contributed by atoms with van der Waals surface area (Å²) in [5, 5.41) is 0. The number of methoxy groups -OCH3 is 1. The smallest absolute Gasteiger partial charge is 0.120 e. The van der Waals surface area contributed by atoms with Crippen LogP contribution in [-0.4, -0.2) is 16.7 Å². The third kappa shape index (κ3) is 2.31. The summed E-state index contributed by atoms with van der Waals surface area (Å²) in [5.74, 6) is 0.826. The van der Waals surface area contributed by atoms with Gasteiger partial charge < -0.3 is 15.0 Å². The summed E-state index contributed by atoms with van der Waals surface area (Å²) in [5.41, 5.74) is 8.08. The van der Waals surface area contributed by atoms with Crippen molar-refractivity contribution in [1.29, 1.82) is 0 Å². The predicted molar refractivity (Wildman–Crippen MR) is 67.3 cm³/mol. The molecule has 17 heavy (non-hydrogen) atoms. The number of nitrogens with two attached hydrogens (primary N) is 1. The fourth-order valence-corrected chi connectivity index (χ4v) is 1.76. The van der Waals surface area contributed by atoms with Gasteiger partial charge in [0.25, 0.3) is 0 Å². The molecule has 0 unspecified atom stereocenters. The number of rotatable bonds is 4. The lowest BCUT2D eigenvalue weighted by Crippen LogP contribution is -2.13. The van der Waals surface area contributed by atoms with Crippen LogP contribution in [0.4, 0.5) is 0 Å². The van der Waals surface area contributed by atoms with E-state index in [1.807, 2.05) is 35.0 Å². The third-order valence-corrected chi connectivity index (χ3v) is 2.82. The van der Waals surface area contributed by atoms with Crippen molar-refractivity contribution in [3.05, 3.63) is 42.5 Å². The SMILES string of the molecule is CC[C@@H](N)c1cncn1-c1cccc(OC)c1. The Morgan fingerprint density at radius 1 is 1.47 bits per heavy atom. The van der Waals surface area contributed by atoms with Crippen molar-refractivity contribution in [1.82, 2.24) is 9.55 Å². The summed E-state index contributed by atoms with van der Waals surface area (Å²) in [6.45, 7) is 2.06. The highest BCUT2D eigenvalue weighted by molar-refractivity contribution is 5.40. The van der Waals surface area contributed by atoms with E-state index in [1.165, 1.54) is 0 Å². The second-order valence-electron chi connectivity index (χ2n) is 3.90. The number of hydrogen-bond donors (Lipinski definition) is 1. The highest BCUT2D eigenvalue weighted by atomic mass is 16.5. The molecule has 0 saturated heterocycles. The van der Waals surface area contributed by atoms with Crippen LogP contribution in [0.5, 0.6) is 5.75 Å². The molecule has 0 amide bonds. The molecule has 0 aliphatic rings. The van der Waals surface area contributed by atoms with Crippen molar-refractivity contribution in [2.24, 2.45) is 5.73 Å². The van der Waals surface area contributed by atoms with Gasteiger partial charge in [-0.05, 0) is 18.6 Å². The summed E-state index contributed by atoms with van der Waals surface area (Å²) in [7, 11) is 1.66. The lowest BCUT2D eigenvalue weighted by molar-refractivity contribution is 0.414. The summed E-state index contributed by atoms with van der Waals surface area (Å²) < 4.78 is 7.21. The monoisotopic (exact) mass is 231 g/mol. The Bertz CT molecular complexity index is 493. The molecule has 2 aromatic rings. The van der Waals surface area contributed by atoms with Crippen molar-refractivity contribution in [3.8, 4) is 11.4 Å². The first-order valence-electron chi connectivity index (χ1n) is 5.68. The Balaban J connectivity index is 2.42. The first-order chi connectivity index (χ1) is 8.26. The Labute approximate surface area is 101 Å². The lowest BCUT2D eigenvalue weighted by atomic mass is 10.2. The molecule has 0 spiro atoms. The summed E-state index contributed by atoms with van der Waals surface area (Å²) in [4.78, 5) is 4.17. The van der Waals surface area contributed by atoms with E-state index in [0.717, 1.165) is 23.6 Å². The number of aromatic nitrogens is 2. The van der Waals surface area contributed by atoms with Gasteiger partial charge in [0, 0.05) is 12.1 Å². The van der Waals surface area contributed by atoms with Crippen molar-refractivity contribution in [2.75, 3.05) is 7.11 Å². The van der Waals surface area contributed by atoms with Crippen LogP contribution in [-0.2, 0) is 0 Å². The molecule has 0 saturated carbocycles. The van der Waals surface area contributed by atoms with Crippen LogP contribution < -0.4 is 10.5 Å². The zero-order chi connectivity index (χ0) is 12.3. The quantitative estimate of drug-likeness (QED) is 0.878. The fourth-order valence-electron chi connectivity index (χ4n) is 1.76. The highest BCUT2D eigenvalue weighted by Gasteiger charge is 2.11. The molecule has 0 aliphatic heterocycles. The van der Waals surface area contributed by atoms with Crippen LogP contribution in [0.3, 0.4) is 0 Å². The van der Waals surface area contributed by atoms with Gasteiger partial charge in [0.05, 0.1) is 31.0 Å². The van der Waals surface area contributed by atoms with Crippen LogP contribution in [0, 0.1) is 0 Å². The maximum Gasteiger partial charge on any atom is 0.120 e. The van der Waals surface area contributed by atoms with Crippen molar-refractivity contribution >= 4 is 0 Å². The van der Waals surface area contributed by atoms with Gasteiger partial charge in [-0.2, -0.15) is 0 Å². The fraction of sp³-hybridized carbons (Fsp3) is 0.308. The van der Waals surface area contributed by atoms with Crippen LogP contribution in [0.2, 0.25) is 0 Å². The van der Waals surface area contributed by atoms with Gasteiger partial charge in [-0.1, -0.05) is 13.0 Å². The summed E-state index contributed by atoms with van der Waals surface area (Å²) in [6, 6.07) is 7.85. The molecule has 1 aromatic heterocycles. The molecule has 4 heteroatoms. The molecule has 0 fully saturated rings. The molecule has 1 aromatic carbocycles. The van der Waals surface area contributed by atoms with E-state index in [0.29, 0.717) is 0 Å². The van der Waals surface area contributed by atoms with Crippen LogP contribution in [0.1, 0.15) is 25.1 Å². The third-order valence-electron chi connectivity index (χ3n) is 2.82. The summed E-state index contributed by atoms with van der Waals surface area (Å²) in [6.07, 6.45) is 4.48. The number of nitrogens with zero attached hydrogens (tertiary/aromatic N) is 2. The van der Waals surface area contributed by atoms with Gasteiger partial charge in [-0.25, -0.2) is 4.98 Å². The van der Waals surface area contributed by atoms with Gasteiger partial charge >= 0.3 is 0 Å². The van der Waals surface area contributed by atoms with Gasteiger partial charge in [0.1, 0.15) is 5.75 Å². The molecule has 1 heterocycles. The van der Waals surface area contributed by atoms with E-state index in [9.17, 15) is 0 Å². The minimum Gasteiger partial charge on any atom is -0.497 e. The van der Waals surface area contributed by atoms with E-state index in [-0.39, 0.29) is 6.04 Å². The van der Waals surface area contributed by atoms with E-state index < -0.39 is 0 Å². The van der Waals surface area contributed by atoms with Crippen molar-refractivity contribution < 1.29 is 4.74 Å². The molecule has 90 valence electrons. The molecule has 4 nitrogen and oxygen atoms in total. The Morgan fingerprint density at radius 2 is 2.29 bits per heavy atom.